The molecule has 0 radical (unpaired) electrons. The van der Waals surface area contributed by atoms with Gasteiger partial charge in [-0.1, -0.05) is 75.4 Å². The average molecular weight is 1540 g/mol. The molecule has 9 heterocycles. The maximum atomic E-state index is 15.9. The third-order valence-electron chi connectivity index (χ3n) is 24.5. The Morgan fingerprint density at radius 1 is 0.409 bits per heavy atom. The molecule has 3 saturated heterocycles. The predicted molar refractivity (Wildman–Crippen MR) is 408 cm³/mol. The van der Waals surface area contributed by atoms with Crippen molar-refractivity contribution in [2.75, 3.05) is 112 Å². The molecule has 9 nitrogen and oxygen atoms in total. The van der Waals surface area contributed by atoms with E-state index in [0.717, 1.165) is 101 Å². The Balaban J connectivity index is 0.000000145. The van der Waals surface area contributed by atoms with Crippen LogP contribution >= 0.6 is 0 Å². The molecule has 3 N–H and O–H groups in total. The van der Waals surface area contributed by atoms with Gasteiger partial charge in [-0.15, -0.1) is 0 Å². The van der Waals surface area contributed by atoms with E-state index in [0.29, 0.717) is 98.5 Å². The minimum atomic E-state index is -1.75. The summed E-state index contributed by atoms with van der Waals surface area (Å²) in [6.45, 7) is 14.7. The summed E-state index contributed by atoms with van der Waals surface area (Å²) in [4.78, 5) is 21.8. The number of hydrogen-bond donors (Lipinski definition) is 3. The zero-order valence-electron chi connectivity index (χ0n) is 63.6. The SMILES string of the molecule is CC[C@@H](F)CN1[C@H](c2c(F)cc(CC3CN(CCCF)C3)cc2F)c2[nH]c3ccccc3c2C[C@H]1C.C[C@@H]1Cc2c([nH]c3ccccc23)[C@@H](c2c(F)cc([C@H](C)C3CN(CCCF)C3)cc2F)N1C[C@H](F)CF.C[C@H](c1cc(F)c([C@@H]2c3[nH]c4ccccc4c3C[C@@H](C)N2C[C@H](F)CF)c(F)c1)C1CN(CCCF)C1. The number of halogens is 14. The quantitative estimate of drug-likeness (QED) is 0.0446. The number of para-hydroxylation sites is 3. The number of fused-ring (bicyclic) bond motifs is 9. The van der Waals surface area contributed by atoms with Crippen LogP contribution in [0.15, 0.2) is 109 Å². The average Bonchev–Trinajstić information content (AvgIpc) is 1.53. The first-order valence-electron chi connectivity index (χ1n) is 39.4. The predicted octanol–water partition coefficient (Wildman–Crippen LogP) is 19.3. The molecular formula is C87H103F14N9. The molecule has 6 aliphatic heterocycles. The molecule has 110 heavy (non-hydrogen) atoms. The third-order valence-corrected chi connectivity index (χ3v) is 24.5. The minimum absolute atomic E-state index is 0.0143. The number of H-pyrrole nitrogens is 3. The van der Waals surface area contributed by atoms with Gasteiger partial charge in [0, 0.05) is 163 Å². The van der Waals surface area contributed by atoms with Crippen molar-refractivity contribution >= 4 is 32.7 Å². The lowest BCUT2D eigenvalue weighted by atomic mass is 9.81. The first kappa shape index (κ1) is 80.8. The molecule has 6 aromatic carbocycles. The zero-order valence-corrected chi connectivity index (χ0v) is 63.6. The van der Waals surface area contributed by atoms with E-state index in [1.54, 1.807) is 16.7 Å². The summed E-state index contributed by atoms with van der Waals surface area (Å²) >= 11 is 0. The van der Waals surface area contributed by atoms with Gasteiger partial charge in [0.15, 0.2) is 0 Å². The van der Waals surface area contributed by atoms with Crippen LogP contribution in [0.1, 0.15) is 164 Å². The molecule has 0 amide bonds. The van der Waals surface area contributed by atoms with E-state index < -0.39 is 84.9 Å². The Morgan fingerprint density at radius 2 is 0.709 bits per heavy atom. The minimum Gasteiger partial charge on any atom is -0.357 e. The number of likely N-dealkylation sites (tertiary alicyclic amines) is 3. The van der Waals surface area contributed by atoms with Crippen molar-refractivity contribution in [1.29, 1.82) is 0 Å². The molecule has 0 spiro atoms. The van der Waals surface area contributed by atoms with E-state index in [4.69, 9.17) is 0 Å². The summed E-state index contributed by atoms with van der Waals surface area (Å²) < 4.78 is 202. The number of alkyl halides is 8. The van der Waals surface area contributed by atoms with E-state index >= 15 is 26.3 Å². The lowest BCUT2D eigenvalue weighted by Crippen LogP contribution is -2.49. The molecule has 3 fully saturated rings. The summed E-state index contributed by atoms with van der Waals surface area (Å²) in [5, 5.41) is 3.00. The molecule has 0 saturated carbocycles. The van der Waals surface area contributed by atoms with Crippen LogP contribution in [-0.4, -0.2) is 193 Å². The number of nitrogens with one attached hydrogen (secondary N) is 3. The second kappa shape index (κ2) is 35.4. The Hall–Kier alpha value is -7.28. The Morgan fingerprint density at radius 3 is 1.02 bits per heavy atom. The van der Waals surface area contributed by atoms with Gasteiger partial charge in [-0.2, -0.15) is 0 Å². The molecule has 9 aromatic rings. The first-order chi connectivity index (χ1) is 53.0. The third kappa shape index (κ3) is 16.9. The highest BCUT2D eigenvalue weighted by molar-refractivity contribution is 5.87. The second-order valence-electron chi connectivity index (χ2n) is 32.0. The van der Waals surface area contributed by atoms with E-state index in [1.165, 1.54) is 36.4 Å². The summed E-state index contributed by atoms with van der Waals surface area (Å²) in [6, 6.07) is 28.7. The number of nitrogens with zero attached hydrogens (tertiary/aromatic N) is 6. The largest absolute Gasteiger partial charge is 0.357 e. The molecule has 6 aliphatic rings. The fourth-order valence-electron chi connectivity index (χ4n) is 18.4. The van der Waals surface area contributed by atoms with Crippen molar-refractivity contribution in [2.24, 2.45) is 17.8 Å². The Bertz CT molecular complexity index is 4320. The van der Waals surface area contributed by atoms with Gasteiger partial charge in [-0.3, -0.25) is 27.9 Å². The van der Waals surface area contributed by atoms with E-state index in [9.17, 15) is 35.1 Å². The van der Waals surface area contributed by atoms with Gasteiger partial charge in [-0.25, -0.2) is 48.3 Å². The molecule has 594 valence electrons. The Labute approximate surface area is 636 Å². The molecule has 3 aromatic heterocycles. The van der Waals surface area contributed by atoms with Crippen molar-refractivity contribution < 1.29 is 61.5 Å². The van der Waals surface area contributed by atoms with Crippen LogP contribution in [0.3, 0.4) is 0 Å². The van der Waals surface area contributed by atoms with Crippen LogP contribution in [0.5, 0.6) is 0 Å². The van der Waals surface area contributed by atoms with E-state index in [-0.39, 0.29) is 98.1 Å². The van der Waals surface area contributed by atoms with E-state index in [1.807, 2.05) is 112 Å². The smallest absolute Gasteiger partial charge is 0.141 e. The van der Waals surface area contributed by atoms with Gasteiger partial charge in [0.25, 0.3) is 0 Å². The van der Waals surface area contributed by atoms with Gasteiger partial charge >= 0.3 is 0 Å². The molecule has 0 unspecified atom stereocenters. The van der Waals surface area contributed by atoms with Crippen LogP contribution in [-0.2, 0) is 25.7 Å². The Kier molecular flexibility index (Phi) is 26.0. The number of benzene rings is 6. The highest BCUT2D eigenvalue weighted by Crippen LogP contribution is 2.48. The van der Waals surface area contributed by atoms with Crippen molar-refractivity contribution in [3.05, 3.63) is 211 Å². The lowest BCUT2D eigenvalue weighted by Gasteiger charge is -2.43. The van der Waals surface area contributed by atoms with Gasteiger partial charge in [-0.05, 0) is 190 Å². The number of aromatic nitrogens is 3. The van der Waals surface area contributed by atoms with Crippen LogP contribution in [0.25, 0.3) is 32.7 Å². The van der Waals surface area contributed by atoms with Crippen LogP contribution in [0, 0.1) is 52.7 Å². The van der Waals surface area contributed by atoms with Crippen molar-refractivity contribution in [3.63, 3.8) is 0 Å². The van der Waals surface area contributed by atoms with Gasteiger partial charge in [0.2, 0.25) is 0 Å². The first-order valence-corrected chi connectivity index (χ1v) is 39.4. The molecule has 0 bridgehead atoms. The number of rotatable bonds is 27. The van der Waals surface area contributed by atoms with E-state index in [2.05, 4.69) is 29.7 Å². The summed E-state index contributed by atoms with van der Waals surface area (Å²) in [5.41, 5.74) is 9.10. The standard InChI is InChI=1S/2C29H34F5N3.C29H35F4N3/c2*1-17-10-23-22-6-3-4-7-26(22)35-28(23)29(37(17)16-21(32)13-31)27-24(33)11-19(12-25(27)34)18(2)20-14-36(15-20)9-5-8-30;1-3-21(31)17-36-18(2)11-23-22-7-4-5-8-26(22)34-28(23)29(36)27-24(32)13-19(14-25(27)33)12-20-15-35(16-20)10-6-9-30/h2*3-4,6-7,11-12,17-18,20-21,29,35H,5,8-10,13-16H2,1-2H3;4-5,7-8,13-14,18,20-21,29,34H,3,6,9-12,15-17H2,1-2H3/t17-,18+,21-,29-;17-,18-,21-,29-;18-,21-,29-/m111/s1. The van der Waals surface area contributed by atoms with Crippen molar-refractivity contribution in [2.45, 2.75) is 160 Å². The molecule has 15 rings (SSSR count). The fraction of sp³-hybridized carbons (Fsp3) is 0.517. The zero-order chi connectivity index (χ0) is 77.9. The van der Waals surface area contributed by atoms with Crippen LogP contribution in [0.2, 0.25) is 0 Å². The highest BCUT2D eigenvalue weighted by Gasteiger charge is 2.45. The van der Waals surface area contributed by atoms with Crippen molar-refractivity contribution in [3.8, 4) is 0 Å². The monoisotopic (exact) mass is 1540 g/mol. The summed E-state index contributed by atoms with van der Waals surface area (Å²) in [5.74, 6) is -3.21. The highest BCUT2D eigenvalue weighted by atomic mass is 19.2. The topological polar surface area (TPSA) is 66.8 Å². The molecular weight excluding hydrogens is 1440 g/mol. The summed E-state index contributed by atoms with van der Waals surface area (Å²) in [6.07, 6.45) is -0.315. The van der Waals surface area contributed by atoms with Crippen LogP contribution in [0.4, 0.5) is 61.5 Å². The molecule has 11 atom stereocenters. The second-order valence-corrected chi connectivity index (χ2v) is 32.0. The maximum Gasteiger partial charge on any atom is 0.141 e. The number of aromatic amines is 3. The molecule has 23 heteroatoms. The fourth-order valence-corrected chi connectivity index (χ4v) is 18.4. The van der Waals surface area contributed by atoms with Gasteiger partial charge in [0.1, 0.15) is 66.8 Å². The maximum absolute atomic E-state index is 15.9. The molecule has 0 aliphatic carbocycles. The van der Waals surface area contributed by atoms with Gasteiger partial charge < -0.3 is 29.7 Å². The number of hydrogen-bond acceptors (Lipinski definition) is 6. The lowest BCUT2D eigenvalue weighted by molar-refractivity contribution is 0.0809. The normalized spacial score (nSPS) is 22.5. The van der Waals surface area contributed by atoms with Crippen molar-refractivity contribution in [1.82, 2.24) is 44.4 Å². The summed E-state index contributed by atoms with van der Waals surface area (Å²) in [7, 11) is 0. The van der Waals surface area contributed by atoms with Gasteiger partial charge in [0.05, 0.1) is 38.1 Å². The van der Waals surface area contributed by atoms with Crippen LogP contribution < -0.4 is 0 Å².